The number of rotatable bonds is 9. The number of carbonyl (C=O) groups is 3. The molecule has 0 radical (unpaired) electrons. The molecule has 11 heteroatoms. The highest BCUT2D eigenvalue weighted by Crippen LogP contribution is 2.38. The average molecular weight is 667 g/mol. The van der Waals surface area contributed by atoms with Crippen molar-refractivity contribution in [3.8, 4) is 11.5 Å². The molecule has 1 N–H and O–H groups in total. The fourth-order valence-corrected chi connectivity index (χ4v) is 5.25. The maximum absolute atomic E-state index is 13.1. The number of ether oxygens (including phenoxy) is 2. The zero-order valence-corrected chi connectivity index (χ0v) is 23.7. The number of nitrogens with one attached hydrogen (secondary N) is 1. The molecule has 0 atom stereocenters. The predicted octanol–water partition coefficient (Wildman–Crippen LogP) is 6.74. The SMILES string of the molecule is CCOc1cc(/C=C2/SC(=O)N(Cc3ccc(Cl)cc3)C2=O)cc(I)c1OCC(=O)Nc1ccc(F)cc1. The molecule has 0 bridgehead atoms. The Labute approximate surface area is 241 Å². The molecular formula is C27H21ClFIN2O5S. The first-order chi connectivity index (χ1) is 18.2. The summed E-state index contributed by atoms with van der Waals surface area (Å²) >= 11 is 8.84. The molecule has 1 heterocycles. The topological polar surface area (TPSA) is 84.9 Å². The normalized spacial score (nSPS) is 14.2. The van der Waals surface area contributed by atoms with Crippen LogP contribution in [-0.4, -0.2) is 35.2 Å². The van der Waals surface area contributed by atoms with E-state index < -0.39 is 11.7 Å². The van der Waals surface area contributed by atoms with Gasteiger partial charge in [0.05, 0.1) is 21.6 Å². The molecule has 7 nitrogen and oxygen atoms in total. The van der Waals surface area contributed by atoms with Crippen molar-refractivity contribution in [2.75, 3.05) is 18.5 Å². The van der Waals surface area contributed by atoms with E-state index in [1.165, 1.54) is 29.2 Å². The molecule has 0 aliphatic carbocycles. The van der Waals surface area contributed by atoms with Crippen molar-refractivity contribution in [3.05, 3.63) is 91.1 Å². The van der Waals surface area contributed by atoms with Gasteiger partial charge in [0.1, 0.15) is 5.82 Å². The van der Waals surface area contributed by atoms with Gasteiger partial charge in [-0.2, -0.15) is 0 Å². The number of imide groups is 1. The zero-order chi connectivity index (χ0) is 27.2. The lowest BCUT2D eigenvalue weighted by Gasteiger charge is -2.15. The van der Waals surface area contributed by atoms with Gasteiger partial charge in [0.25, 0.3) is 17.1 Å². The van der Waals surface area contributed by atoms with Crippen molar-refractivity contribution < 1.29 is 28.2 Å². The molecule has 0 spiro atoms. The molecular weight excluding hydrogens is 646 g/mol. The van der Waals surface area contributed by atoms with Crippen LogP contribution in [0.1, 0.15) is 18.1 Å². The maximum Gasteiger partial charge on any atom is 0.293 e. The first-order valence-electron chi connectivity index (χ1n) is 11.4. The summed E-state index contributed by atoms with van der Waals surface area (Å²) in [5.41, 5.74) is 1.87. The molecule has 196 valence electrons. The molecule has 38 heavy (non-hydrogen) atoms. The van der Waals surface area contributed by atoms with E-state index in [4.69, 9.17) is 21.1 Å². The molecule has 3 amide bonds. The predicted molar refractivity (Wildman–Crippen MR) is 154 cm³/mol. The summed E-state index contributed by atoms with van der Waals surface area (Å²) in [4.78, 5) is 39.3. The summed E-state index contributed by atoms with van der Waals surface area (Å²) in [5.74, 6) is -0.453. The highest BCUT2D eigenvalue weighted by Gasteiger charge is 2.35. The van der Waals surface area contributed by atoms with Gasteiger partial charge in [-0.3, -0.25) is 19.3 Å². The van der Waals surface area contributed by atoms with Gasteiger partial charge in [0.15, 0.2) is 18.1 Å². The average Bonchev–Trinajstić information content (AvgIpc) is 3.13. The summed E-state index contributed by atoms with van der Waals surface area (Å²) in [5, 5.41) is 2.85. The second-order valence-electron chi connectivity index (χ2n) is 8.00. The van der Waals surface area contributed by atoms with E-state index in [1.807, 2.05) is 6.92 Å². The third-order valence-electron chi connectivity index (χ3n) is 5.23. The number of amides is 3. The number of nitrogens with zero attached hydrogens (tertiary/aromatic N) is 1. The molecule has 1 aliphatic rings. The monoisotopic (exact) mass is 666 g/mol. The lowest BCUT2D eigenvalue weighted by atomic mass is 10.1. The molecule has 4 rings (SSSR count). The van der Waals surface area contributed by atoms with Gasteiger partial charge < -0.3 is 14.8 Å². The fourth-order valence-electron chi connectivity index (χ4n) is 3.50. The number of hydrogen-bond acceptors (Lipinski definition) is 6. The van der Waals surface area contributed by atoms with E-state index in [1.54, 1.807) is 42.5 Å². The Morgan fingerprint density at radius 1 is 1.11 bits per heavy atom. The molecule has 0 unspecified atom stereocenters. The number of thioether (sulfide) groups is 1. The van der Waals surface area contributed by atoms with Crippen molar-refractivity contribution in [1.82, 2.24) is 4.90 Å². The number of benzene rings is 3. The Morgan fingerprint density at radius 2 is 1.82 bits per heavy atom. The van der Waals surface area contributed by atoms with Gasteiger partial charge in [-0.15, -0.1) is 0 Å². The van der Waals surface area contributed by atoms with Gasteiger partial charge in [-0.25, -0.2) is 4.39 Å². The van der Waals surface area contributed by atoms with Crippen molar-refractivity contribution in [2.45, 2.75) is 13.5 Å². The quantitative estimate of drug-likeness (QED) is 0.201. The van der Waals surface area contributed by atoms with Crippen molar-refractivity contribution in [2.24, 2.45) is 0 Å². The third-order valence-corrected chi connectivity index (χ3v) is 7.19. The number of hydrogen-bond donors (Lipinski definition) is 1. The lowest BCUT2D eigenvalue weighted by Crippen LogP contribution is -2.27. The van der Waals surface area contributed by atoms with E-state index in [2.05, 4.69) is 27.9 Å². The minimum atomic E-state index is -0.423. The van der Waals surface area contributed by atoms with E-state index >= 15 is 0 Å². The van der Waals surface area contributed by atoms with Crippen LogP contribution in [0, 0.1) is 9.39 Å². The summed E-state index contributed by atoms with van der Waals surface area (Å²) in [6.07, 6.45) is 1.63. The number of halogens is 3. The third kappa shape index (κ3) is 7.06. The maximum atomic E-state index is 13.1. The smallest absolute Gasteiger partial charge is 0.293 e. The van der Waals surface area contributed by atoms with Crippen LogP contribution in [0.3, 0.4) is 0 Å². The van der Waals surface area contributed by atoms with E-state index in [0.29, 0.717) is 37.9 Å². The molecule has 0 saturated carbocycles. The molecule has 3 aromatic rings. The molecule has 1 aliphatic heterocycles. The van der Waals surface area contributed by atoms with Gasteiger partial charge in [0, 0.05) is 10.7 Å². The Morgan fingerprint density at radius 3 is 2.50 bits per heavy atom. The van der Waals surface area contributed by atoms with E-state index in [-0.39, 0.29) is 29.2 Å². The largest absolute Gasteiger partial charge is 0.490 e. The summed E-state index contributed by atoms with van der Waals surface area (Å²) in [6.45, 7) is 2.01. The summed E-state index contributed by atoms with van der Waals surface area (Å²) in [7, 11) is 0. The second kappa shape index (κ2) is 12.6. The summed E-state index contributed by atoms with van der Waals surface area (Å²) < 4.78 is 25.2. The lowest BCUT2D eigenvalue weighted by molar-refractivity contribution is -0.123. The van der Waals surface area contributed by atoms with Crippen LogP contribution in [0.25, 0.3) is 6.08 Å². The van der Waals surface area contributed by atoms with Gasteiger partial charge >= 0.3 is 0 Å². The Balaban J connectivity index is 1.48. The molecule has 0 aromatic heterocycles. The fraction of sp³-hybridized carbons (Fsp3) is 0.148. The standard InChI is InChI=1S/C27H21ClFIN2O5S/c1-2-36-22-12-17(11-21(30)25(22)37-15-24(33)31-20-9-7-19(29)8-10-20)13-23-26(34)32(27(35)38-23)14-16-3-5-18(28)6-4-16/h3-13H,2,14-15H2,1H3,(H,31,33)/b23-13+. The summed E-state index contributed by atoms with van der Waals surface area (Å²) in [6, 6.07) is 15.8. The molecule has 1 fully saturated rings. The van der Waals surface area contributed by atoms with Crippen LogP contribution < -0.4 is 14.8 Å². The molecule has 3 aromatic carbocycles. The van der Waals surface area contributed by atoms with E-state index in [9.17, 15) is 18.8 Å². The van der Waals surface area contributed by atoms with Crippen LogP contribution in [-0.2, 0) is 16.1 Å². The van der Waals surface area contributed by atoms with Crippen LogP contribution in [0.5, 0.6) is 11.5 Å². The first kappa shape index (κ1) is 27.9. The highest BCUT2D eigenvalue weighted by molar-refractivity contribution is 14.1. The Hall–Kier alpha value is -3.09. The van der Waals surface area contributed by atoms with Crippen molar-refractivity contribution in [3.63, 3.8) is 0 Å². The van der Waals surface area contributed by atoms with Gasteiger partial charge in [0.2, 0.25) is 0 Å². The van der Waals surface area contributed by atoms with Crippen LogP contribution in [0.4, 0.5) is 14.9 Å². The first-order valence-corrected chi connectivity index (χ1v) is 13.6. The van der Waals surface area contributed by atoms with Gasteiger partial charge in [-0.05, 0) is 107 Å². The zero-order valence-electron chi connectivity index (χ0n) is 20.0. The van der Waals surface area contributed by atoms with Crippen LogP contribution in [0.15, 0.2) is 65.6 Å². The number of anilines is 1. The van der Waals surface area contributed by atoms with Crippen LogP contribution in [0.2, 0.25) is 5.02 Å². The number of carbonyl (C=O) groups excluding carboxylic acids is 3. The minimum absolute atomic E-state index is 0.146. The van der Waals surface area contributed by atoms with Gasteiger partial charge in [-0.1, -0.05) is 23.7 Å². The Bertz CT molecular complexity index is 1400. The second-order valence-corrected chi connectivity index (χ2v) is 10.6. The van der Waals surface area contributed by atoms with Crippen molar-refractivity contribution in [1.29, 1.82) is 0 Å². The van der Waals surface area contributed by atoms with Crippen LogP contribution >= 0.6 is 46.0 Å². The van der Waals surface area contributed by atoms with E-state index in [0.717, 1.165) is 17.3 Å². The Kier molecular flexibility index (Phi) is 9.29. The highest BCUT2D eigenvalue weighted by atomic mass is 127. The minimum Gasteiger partial charge on any atom is -0.490 e. The molecule has 1 saturated heterocycles. The van der Waals surface area contributed by atoms with Crippen molar-refractivity contribution >= 4 is 74.8 Å².